The first-order chi connectivity index (χ1) is 15.5. The second-order valence-corrected chi connectivity index (χ2v) is 8.14. The highest BCUT2D eigenvalue weighted by atomic mass is 15.1. The molecule has 2 aromatic carbocycles. The molecule has 0 fully saturated rings. The van der Waals surface area contributed by atoms with E-state index in [1.807, 2.05) is 26.8 Å². The normalized spacial score (nSPS) is 15.5. The highest BCUT2D eigenvalue weighted by molar-refractivity contribution is 6.16. The smallest absolute Gasteiger partial charge is 0.142 e. The van der Waals surface area contributed by atoms with E-state index in [1.165, 1.54) is 32.8 Å². The van der Waals surface area contributed by atoms with Gasteiger partial charge in [-0.3, -0.25) is 4.99 Å². The Morgan fingerprint density at radius 2 is 1.78 bits per heavy atom. The van der Waals surface area contributed by atoms with E-state index in [4.69, 9.17) is 9.98 Å². The summed E-state index contributed by atoms with van der Waals surface area (Å²) in [5, 5.41) is 4.69. The molecule has 0 aliphatic carbocycles. The third-order valence-corrected chi connectivity index (χ3v) is 6.44. The number of aliphatic imine (C=N–C) groups is 1. The number of hydrogen-bond acceptors (Lipinski definition) is 2. The lowest BCUT2D eigenvalue weighted by Crippen LogP contribution is -2.30. The Hall–Kier alpha value is -3.46. The highest BCUT2D eigenvalue weighted by Crippen LogP contribution is 2.38. The van der Waals surface area contributed by atoms with Gasteiger partial charge in [0, 0.05) is 16.8 Å². The van der Waals surface area contributed by atoms with Crippen molar-refractivity contribution >= 4 is 34.7 Å². The van der Waals surface area contributed by atoms with Crippen LogP contribution in [0.1, 0.15) is 58.2 Å². The molecule has 2 heterocycles. The minimum absolute atomic E-state index is 0.814. The van der Waals surface area contributed by atoms with Crippen molar-refractivity contribution < 1.29 is 0 Å². The molecule has 0 saturated heterocycles. The molecule has 0 N–H and O–H groups in total. The average Bonchev–Trinajstić information content (AvgIpc) is 3.19. The average molecular weight is 422 g/mol. The number of allylic oxidation sites excluding steroid dienone is 3. The Kier molecular flexibility index (Phi) is 5.84. The summed E-state index contributed by atoms with van der Waals surface area (Å²) < 4.78 is 2.33. The summed E-state index contributed by atoms with van der Waals surface area (Å²) in [5.74, 6) is 1.03. The van der Waals surface area contributed by atoms with E-state index in [1.54, 1.807) is 0 Å². The van der Waals surface area contributed by atoms with Crippen LogP contribution in [-0.4, -0.2) is 15.3 Å². The molecule has 0 saturated carbocycles. The molecule has 3 heteroatoms. The number of rotatable bonds is 4. The first-order valence-corrected chi connectivity index (χ1v) is 11.2. The molecule has 4 rings (SSSR count). The SMILES string of the molecule is C=Cc1ccc2c3c(ccc(C(C)=NC(=C/C)/C(C)=C\C)c13)Cn1c-2nc(=C/C)/c1=C\C. The van der Waals surface area contributed by atoms with Crippen molar-refractivity contribution in [2.45, 2.75) is 48.1 Å². The molecule has 1 aromatic heterocycles. The number of fused-ring (bicyclic) bond motifs is 2. The lowest BCUT2D eigenvalue weighted by atomic mass is 9.88. The van der Waals surface area contributed by atoms with E-state index in [0.29, 0.717) is 0 Å². The van der Waals surface area contributed by atoms with Gasteiger partial charge in [-0.25, -0.2) is 4.98 Å². The van der Waals surface area contributed by atoms with Gasteiger partial charge in [-0.2, -0.15) is 0 Å². The van der Waals surface area contributed by atoms with Crippen molar-refractivity contribution in [1.82, 2.24) is 9.55 Å². The minimum atomic E-state index is 0.814. The molecule has 0 spiro atoms. The molecular formula is C29H31N3. The predicted octanol–water partition coefficient (Wildman–Crippen LogP) is 5.99. The summed E-state index contributed by atoms with van der Waals surface area (Å²) in [6.07, 6.45) is 10.4. The third-order valence-electron chi connectivity index (χ3n) is 6.44. The topological polar surface area (TPSA) is 30.2 Å². The Bertz CT molecular complexity index is 1460. The van der Waals surface area contributed by atoms with Gasteiger partial charge >= 0.3 is 0 Å². The Morgan fingerprint density at radius 1 is 1.00 bits per heavy atom. The lowest BCUT2D eigenvalue weighted by molar-refractivity contribution is 0.778. The second-order valence-electron chi connectivity index (χ2n) is 8.14. The van der Waals surface area contributed by atoms with Crippen LogP contribution in [0.15, 0.2) is 59.3 Å². The van der Waals surface area contributed by atoms with Crippen LogP contribution in [0.4, 0.5) is 0 Å². The van der Waals surface area contributed by atoms with Gasteiger partial charge in [0.2, 0.25) is 0 Å². The molecule has 0 unspecified atom stereocenters. The first-order valence-electron chi connectivity index (χ1n) is 11.2. The molecule has 0 radical (unpaired) electrons. The van der Waals surface area contributed by atoms with Crippen molar-refractivity contribution in [1.29, 1.82) is 0 Å². The van der Waals surface area contributed by atoms with Gasteiger partial charge in [-0.15, -0.1) is 0 Å². The predicted molar refractivity (Wildman–Crippen MR) is 139 cm³/mol. The van der Waals surface area contributed by atoms with Crippen molar-refractivity contribution in [2.75, 3.05) is 0 Å². The van der Waals surface area contributed by atoms with Gasteiger partial charge in [0.25, 0.3) is 0 Å². The monoisotopic (exact) mass is 421 g/mol. The number of nitrogens with zero attached hydrogens (tertiary/aromatic N) is 3. The zero-order valence-corrected chi connectivity index (χ0v) is 20.0. The van der Waals surface area contributed by atoms with Crippen LogP contribution in [0.25, 0.3) is 40.4 Å². The van der Waals surface area contributed by atoms with Crippen LogP contribution in [0.2, 0.25) is 0 Å². The van der Waals surface area contributed by atoms with Crippen molar-refractivity contribution in [2.24, 2.45) is 4.99 Å². The summed E-state index contributed by atoms with van der Waals surface area (Å²) in [6, 6.07) is 8.82. The largest absolute Gasteiger partial charge is 0.320 e. The quantitative estimate of drug-likeness (QED) is 0.294. The fourth-order valence-electron chi connectivity index (χ4n) is 4.69. The first kappa shape index (κ1) is 21.8. The summed E-state index contributed by atoms with van der Waals surface area (Å²) in [7, 11) is 0. The molecule has 1 aliphatic rings. The fraction of sp³-hybridized carbons (Fsp3) is 0.241. The Labute approximate surface area is 190 Å². The van der Waals surface area contributed by atoms with Crippen LogP contribution in [0.3, 0.4) is 0 Å². The van der Waals surface area contributed by atoms with Crippen LogP contribution in [-0.2, 0) is 6.54 Å². The van der Waals surface area contributed by atoms with E-state index in [0.717, 1.165) is 40.3 Å². The van der Waals surface area contributed by atoms with E-state index in [9.17, 15) is 0 Å². The second kappa shape index (κ2) is 8.58. The minimum Gasteiger partial charge on any atom is -0.320 e. The highest BCUT2D eigenvalue weighted by Gasteiger charge is 2.23. The van der Waals surface area contributed by atoms with E-state index < -0.39 is 0 Å². The maximum atomic E-state index is 5.00. The van der Waals surface area contributed by atoms with Gasteiger partial charge in [-0.05, 0) is 75.1 Å². The summed E-state index contributed by atoms with van der Waals surface area (Å²) in [4.78, 5) is 9.99. The molecule has 1 aliphatic heterocycles. The van der Waals surface area contributed by atoms with Crippen LogP contribution < -0.4 is 10.7 Å². The van der Waals surface area contributed by atoms with Crippen LogP contribution in [0, 0.1) is 0 Å². The molecule has 0 bridgehead atoms. The maximum Gasteiger partial charge on any atom is 0.142 e. The summed E-state index contributed by atoms with van der Waals surface area (Å²) >= 11 is 0. The Balaban J connectivity index is 2.07. The van der Waals surface area contributed by atoms with Crippen LogP contribution in [0.5, 0.6) is 0 Å². The molecule has 0 atom stereocenters. The third kappa shape index (κ3) is 3.29. The molecule has 162 valence electrons. The number of aromatic nitrogens is 2. The molecule has 3 nitrogen and oxygen atoms in total. The maximum absolute atomic E-state index is 5.00. The summed E-state index contributed by atoms with van der Waals surface area (Å²) in [6.45, 7) is 17.3. The van der Waals surface area contributed by atoms with E-state index in [-0.39, 0.29) is 0 Å². The standard InChI is InChI=1S/C29H31N3/c1-8-18(6)24(10-3)30-19(7)22-15-14-21-17-32-26(12-5)25(11-4)31-29(32)23-16-13-20(9-2)27(22)28(21)23/h8-16H,2,17H2,1,3-7H3/b18-8-,24-10+,25-11+,26-12+,30-19?. The van der Waals surface area contributed by atoms with Gasteiger partial charge in [0.1, 0.15) is 5.82 Å². The number of benzene rings is 2. The van der Waals surface area contributed by atoms with Gasteiger partial charge < -0.3 is 4.57 Å². The summed E-state index contributed by atoms with van der Waals surface area (Å²) in [5.41, 5.74) is 7.94. The van der Waals surface area contributed by atoms with Gasteiger partial charge in [0.15, 0.2) is 0 Å². The molecule has 32 heavy (non-hydrogen) atoms. The van der Waals surface area contributed by atoms with Gasteiger partial charge in [-0.1, -0.05) is 55.2 Å². The van der Waals surface area contributed by atoms with Crippen molar-refractivity contribution in [3.8, 4) is 11.4 Å². The number of imidazole rings is 1. The zero-order chi connectivity index (χ0) is 23.0. The van der Waals surface area contributed by atoms with E-state index in [2.05, 4.69) is 80.5 Å². The number of hydrogen-bond donors (Lipinski definition) is 0. The lowest BCUT2D eigenvalue weighted by Gasteiger charge is -2.22. The van der Waals surface area contributed by atoms with Gasteiger partial charge in [0.05, 0.1) is 22.9 Å². The molecule has 0 amide bonds. The molecular weight excluding hydrogens is 390 g/mol. The zero-order valence-electron chi connectivity index (χ0n) is 20.0. The van der Waals surface area contributed by atoms with Crippen molar-refractivity contribution in [3.05, 3.63) is 81.7 Å². The van der Waals surface area contributed by atoms with Crippen LogP contribution >= 0.6 is 0 Å². The fourth-order valence-corrected chi connectivity index (χ4v) is 4.69. The van der Waals surface area contributed by atoms with E-state index >= 15 is 0 Å². The Morgan fingerprint density at radius 3 is 2.41 bits per heavy atom. The van der Waals surface area contributed by atoms with Crippen molar-refractivity contribution in [3.63, 3.8) is 0 Å². The molecule has 3 aromatic rings.